The Kier molecular flexibility index (Phi) is 5.66. The third-order valence-electron chi connectivity index (χ3n) is 4.92. The molecule has 0 N–H and O–H groups in total. The highest BCUT2D eigenvalue weighted by Gasteiger charge is 2.33. The number of aryl methyl sites for hydroxylation is 1. The molecule has 2 heterocycles. The standard InChI is InChI=1S/C21H24N2O3/c1-3-26-21(25)17-9-11-23(18(12-17)14-24)20-13-16(8-10-22-20)19-7-5-4-6-15(19)2/h4-8,10,13-14,17-18H,3,9,11-12H2,1-2H3. The lowest BCUT2D eigenvalue weighted by Crippen LogP contribution is -2.46. The van der Waals surface area contributed by atoms with Crippen molar-refractivity contribution in [1.29, 1.82) is 0 Å². The predicted octanol–water partition coefficient (Wildman–Crippen LogP) is 3.40. The van der Waals surface area contributed by atoms with Gasteiger partial charge < -0.3 is 14.4 Å². The van der Waals surface area contributed by atoms with Gasteiger partial charge in [0.15, 0.2) is 0 Å². The molecule has 1 aliphatic rings. The number of ether oxygens (including phenoxy) is 1. The summed E-state index contributed by atoms with van der Waals surface area (Å²) in [7, 11) is 0. The largest absolute Gasteiger partial charge is 0.466 e. The van der Waals surface area contributed by atoms with Crippen molar-refractivity contribution in [2.24, 2.45) is 5.92 Å². The molecule has 0 spiro atoms. The molecule has 5 nitrogen and oxygen atoms in total. The SMILES string of the molecule is CCOC(=O)C1CCN(c2cc(-c3ccccc3C)ccn2)C(C=O)C1. The van der Waals surface area contributed by atoms with Gasteiger partial charge in [0.25, 0.3) is 0 Å². The van der Waals surface area contributed by atoms with E-state index in [2.05, 4.69) is 24.0 Å². The van der Waals surface area contributed by atoms with E-state index in [4.69, 9.17) is 4.74 Å². The van der Waals surface area contributed by atoms with E-state index < -0.39 is 0 Å². The van der Waals surface area contributed by atoms with Crippen molar-refractivity contribution in [2.75, 3.05) is 18.1 Å². The highest BCUT2D eigenvalue weighted by molar-refractivity contribution is 5.76. The third-order valence-corrected chi connectivity index (χ3v) is 4.92. The summed E-state index contributed by atoms with van der Waals surface area (Å²) < 4.78 is 5.12. The van der Waals surface area contributed by atoms with Crippen LogP contribution in [0.3, 0.4) is 0 Å². The van der Waals surface area contributed by atoms with Gasteiger partial charge in [0, 0.05) is 12.7 Å². The van der Waals surface area contributed by atoms with E-state index in [-0.39, 0.29) is 17.9 Å². The van der Waals surface area contributed by atoms with Crippen LogP contribution in [0.2, 0.25) is 0 Å². The molecule has 0 bridgehead atoms. The fraction of sp³-hybridized carbons (Fsp3) is 0.381. The van der Waals surface area contributed by atoms with Crippen LogP contribution in [0.5, 0.6) is 0 Å². The van der Waals surface area contributed by atoms with Gasteiger partial charge in [0.05, 0.1) is 18.6 Å². The van der Waals surface area contributed by atoms with Crippen molar-refractivity contribution in [2.45, 2.75) is 32.7 Å². The van der Waals surface area contributed by atoms with E-state index >= 15 is 0 Å². The van der Waals surface area contributed by atoms with Crippen LogP contribution in [0, 0.1) is 12.8 Å². The van der Waals surface area contributed by atoms with Crippen molar-refractivity contribution in [3.8, 4) is 11.1 Å². The summed E-state index contributed by atoms with van der Waals surface area (Å²) in [6.45, 7) is 4.85. The highest BCUT2D eigenvalue weighted by Crippen LogP contribution is 2.30. The number of carbonyl (C=O) groups excluding carboxylic acids is 2. The highest BCUT2D eigenvalue weighted by atomic mass is 16.5. The Morgan fingerprint density at radius 3 is 2.88 bits per heavy atom. The summed E-state index contributed by atoms with van der Waals surface area (Å²) in [5.74, 6) is 0.340. The molecular weight excluding hydrogens is 328 g/mol. The smallest absolute Gasteiger partial charge is 0.309 e. The van der Waals surface area contributed by atoms with Crippen LogP contribution in [0.4, 0.5) is 5.82 Å². The number of anilines is 1. The van der Waals surface area contributed by atoms with E-state index in [1.165, 1.54) is 5.56 Å². The zero-order valence-corrected chi connectivity index (χ0v) is 15.2. The number of nitrogens with zero attached hydrogens (tertiary/aromatic N) is 2. The monoisotopic (exact) mass is 352 g/mol. The van der Waals surface area contributed by atoms with Crippen molar-refractivity contribution >= 4 is 18.1 Å². The molecule has 3 rings (SSSR count). The minimum atomic E-state index is -0.363. The zero-order valence-electron chi connectivity index (χ0n) is 15.2. The van der Waals surface area contributed by atoms with Gasteiger partial charge in [0.2, 0.25) is 0 Å². The molecule has 2 atom stereocenters. The fourth-order valence-electron chi connectivity index (χ4n) is 3.52. The fourth-order valence-corrected chi connectivity index (χ4v) is 3.52. The maximum atomic E-state index is 12.0. The zero-order chi connectivity index (χ0) is 18.5. The van der Waals surface area contributed by atoms with Gasteiger partial charge in [-0.05, 0) is 55.5 Å². The summed E-state index contributed by atoms with van der Waals surface area (Å²) in [5.41, 5.74) is 3.42. The lowest BCUT2D eigenvalue weighted by atomic mass is 9.91. The van der Waals surface area contributed by atoms with Crippen LogP contribution in [0.15, 0.2) is 42.6 Å². The normalized spacial score (nSPS) is 19.8. The first-order valence-electron chi connectivity index (χ1n) is 9.04. The maximum Gasteiger partial charge on any atom is 0.309 e. The third kappa shape index (κ3) is 3.77. The molecule has 5 heteroatoms. The van der Waals surface area contributed by atoms with Crippen LogP contribution in [0.25, 0.3) is 11.1 Å². The van der Waals surface area contributed by atoms with Crippen LogP contribution >= 0.6 is 0 Å². The van der Waals surface area contributed by atoms with Gasteiger partial charge in [-0.2, -0.15) is 0 Å². The Balaban J connectivity index is 1.83. The molecule has 26 heavy (non-hydrogen) atoms. The molecular formula is C21H24N2O3. The molecule has 0 aliphatic carbocycles. The molecule has 0 radical (unpaired) electrons. The number of aldehydes is 1. The van der Waals surface area contributed by atoms with Gasteiger partial charge in [-0.3, -0.25) is 4.79 Å². The minimum absolute atomic E-state index is 0.208. The molecule has 2 unspecified atom stereocenters. The molecule has 1 fully saturated rings. The average molecular weight is 352 g/mol. The van der Waals surface area contributed by atoms with Crippen LogP contribution in [-0.2, 0) is 14.3 Å². The van der Waals surface area contributed by atoms with E-state index in [1.54, 1.807) is 13.1 Å². The molecule has 0 saturated carbocycles. The van der Waals surface area contributed by atoms with Crippen LogP contribution in [0.1, 0.15) is 25.3 Å². The van der Waals surface area contributed by atoms with Gasteiger partial charge in [-0.1, -0.05) is 24.3 Å². The number of pyridine rings is 1. The summed E-state index contributed by atoms with van der Waals surface area (Å²) >= 11 is 0. The summed E-state index contributed by atoms with van der Waals surface area (Å²) in [5, 5.41) is 0. The average Bonchev–Trinajstić information content (AvgIpc) is 2.68. The Hall–Kier alpha value is -2.69. The molecule has 1 aromatic carbocycles. The van der Waals surface area contributed by atoms with Crippen LogP contribution in [-0.4, -0.2) is 36.4 Å². The summed E-state index contributed by atoms with van der Waals surface area (Å²) in [4.78, 5) is 30.1. The number of piperidine rings is 1. The summed E-state index contributed by atoms with van der Waals surface area (Å²) in [6, 6.07) is 11.8. The van der Waals surface area contributed by atoms with Crippen molar-refractivity contribution in [3.63, 3.8) is 0 Å². The van der Waals surface area contributed by atoms with Gasteiger partial charge >= 0.3 is 5.97 Å². The quantitative estimate of drug-likeness (QED) is 0.610. The molecule has 1 aromatic heterocycles. The lowest BCUT2D eigenvalue weighted by molar-refractivity contribution is -0.149. The second-order valence-electron chi connectivity index (χ2n) is 6.59. The van der Waals surface area contributed by atoms with Gasteiger partial charge in [-0.15, -0.1) is 0 Å². The molecule has 136 valence electrons. The molecule has 1 aliphatic heterocycles. The van der Waals surface area contributed by atoms with Crippen molar-refractivity contribution in [1.82, 2.24) is 4.98 Å². The Labute approximate surface area is 154 Å². The number of benzene rings is 1. The number of esters is 1. The van der Waals surface area contributed by atoms with E-state index in [9.17, 15) is 9.59 Å². The summed E-state index contributed by atoms with van der Waals surface area (Å²) in [6.07, 6.45) is 3.82. The van der Waals surface area contributed by atoms with Gasteiger partial charge in [-0.25, -0.2) is 4.98 Å². The van der Waals surface area contributed by atoms with Crippen molar-refractivity contribution in [3.05, 3.63) is 48.2 Å². The number of carbonyl (C=O) groups is 2. The first-order chi connectivity index (χ1) is 12.6. The van der Waals surface area contributed by atoms with E-state index in [0.29, 0.717) is 26.0 Å². The number of hydrogen-bond donors (Lipinski definition) is 0. The van der Waals surface area contributed by atoms with Gasteiger partial charge in [0.1, 0.15) is 12.1 Å². The van der Waals surface area contributed by atoms with E-state index in [1.807, 2.05) is 29.2 Å². The van der Waals surface area contributed by atoms with Crippen molar-refractivity contribution < 1.29 is 14.3 Å². The predicted molar refractivity (Wildman–Crippen MR) is 101 cm³/mol. The number of aromatic nitrogens is 1. The Morgan fingerprint density at radius 1 is 1.35 bits per heavy atom. The first-order valence-corrected chi connectivity index (χ1v) is 9.04. The maximum absolute atomic E-state index is 12.0. The molecule has 1 saturated heterocycles. The number of hydrogen-bond acceptors (Lipinski definition) is 5. The minimum Gasteiger partial charge on any atom is -0.466 e. The molecule has 2 aromatic rings. The number of rotatable bonds is 5. The second kappa shape index (κ2) is 8.13. The van der Waals surface area contributed by atoms with Crippen LogP contribution < -0.4 is 4.90 Å². The first kappa shape index (κ1) is 18.1. The lowest BCUT2D eigenvalue weighted by Gasteiger charge is -2.36. The Morgan fingerprint density at radius 2 is 2.15 bits per heavy atom. The van der Waals surface area contributed by atoms with E-state index in [0.717, 1.165) is 23.2 Å². The second-order valence-corrected chi connectivity index (χ2v) is 6.59. The topological polar surface area (TPSA) is 59.5 Å². The Bertz CT molecular complexity index is 790. The molecule has 0 amide bonds.